The molecule has 1 heterocycles. The SMILES string of the molecule is C=C1C(=O)OC[C@@H]1c1ccccc1. The Kier molecular flexibility index (Phi) is 1.89. The van der Waals surface area contributed by atoms with Crippen molar-refractivity contribution in [2.24, 2.45) is 0 Å². The molecule has 0 aliphatic carbocycles. The Hall–Kier alpha value is -1.57. The molecule has 0 aromatic heterocycles. The second kappa shape index (κ2) is 3.05. The Labute approximate surface area is 76.8 Å². The molecule has 66 valence electrons. The molecular weight excluding hydrogens is 164 g/mol. The van der Waals surface area contributed by atoms with Gasteiger partial charge in [0.05, 0.1) is 0 Å². The van der Waals surface area contributed by atoms with Crippen molar-refractivity contribution in [1.29, 1.82) is 0 Å². The van der Waals surface area contributed by atoms with E-state index in [0.717, 1.165) is 5.56 Å². The van der Waals surface area contributed by atoms with Crippen LogP contribution in [0.3, 0.4) is 0 Å². The van der Waals surface area contributed by atoms with Crippen molar-refractivity contribution in [3.05, 3.63) is 48.0 Å². The molecule has 0 spiro atoms. The fraction of sp³-hybridized carbons (Fsp3) is 0.182. The number of hydrogen-bond donors (Lipinski definition) is 0. The Morgan fingerprint density at radius 2 is 2.00 bits per heavy atom. The van der Waals surface area contributed by atoms with Gasteiger partial charge in [-0.1, -0.05) is 36.9 Å². The first-order chi connectivity index (χ1) is 6.29. The summed E-state index contributed by atoms with van der Waals surface area (Å²) in [6, 6.07) is 9.82. The Balaban J connectivity index is 2.29. The topological polar surface area (TPSA) is 26.3 Å². The van der Waals surface area contributed by atoms with Crippen LogP contribution in [0.2, 0.25) is 0 Å². The van der Waals surface area contributed by atoms with Crippen molar-refractivity contribution < 1.29 is 9.53 Å². The van der Waals surface area contributed by atoms with Gasteiger partial charge in [-0.05, 0) is 5.56 Å². The van der Waals surface area contributed by atoms with Gasteiger partial charge >= 0.3 is 5.97 Å². The van der Waals surface area contributed by atoms with Gasteiger partial charge in [0.2, 0.25) is 0 Å². The van der Waals surface area contributed by atoms with E-state index in [1.54, 1.807) is 0 Å². The van der Waals surface area contributed by atoms with E-state index in [9.17, 15) is 4.79 Å². The molecule has 1 fully saturated rings. The summed E-state index contributed by atoms with van der Waals surface area (Å²) in [5.41, 5.74) is 1.66. The van der Waals surface area contributed by atoms with Crippen LogP contribution in [0, 0.1) is 0 Å². The number of esters is 1. The highest BCUT2D eigenvalue weighted by molar-refractivity contribution is 5.91. The van der Waals surface area contributed by atoms with Crippen molar-refractivity contribution in [1.82, 2.24) is 0 Å². The average Bonchev–Trinajstić information content (AvgIpc) is 2.49. The van der Waals surface area contributed by atoms with E-state index in [1.807, 2.05) is 30.3 Å². The van der Waals surface area contributed by atoms with Gasteiger partial charge in [-0.3, -0.25) is 0 Å². The number of benzene rings is 1. The smallest absolute Gasteiger partial charge is 0.334 e. The predicted molar refractivity (Wildman–Crippen MR) is 49.3 cm³/mol. The van der Waals surface area contributed by atoms with Crippen molar-refractivity contribution in [2.45, 2.75) is 5.92 Å². The minimum Gasteiger partial charge on any atom is -0.461 e. The fourth-order valence-corrected chi connectivity index (χ4v) is 1.48. The van der Waals surface area contributed by atoms with Crippen LogP contribution in [0.1, 0.15) is 11.5 Å². The molecule has 2 rings (SSSR count). The van der Waals surface area contributed by atoms with Crippen LogP contribution < -0.4 is 0 Å². The fourth-order valence-electron chi connectivity index (χ4n) is 1.48. The first-order valence-electron chi connectivity index (χ1n) is 4.20. The van der Waals surface area contributed by atoms with E-state index >= 15 is 0 Å². The highest BCUT2D eigenvalue weighted by atomic mass is 16.5. The first-order valence-corrected chi connectivity index (χ1v) is 4.20. The summed E-state index contributed by atoms with van der Waals surface area (Å²) < 4.78 is 4.89. The van der Waals surface area contributed by atoms with Crippen molar-refractivity contribution >= 4 is 5.97 Å². The van der Waals surface area contributed by atoms with Gasteiger partial charge in [0, 0.05) is 11.5 Å². The summed E-state index contributed by atoms with van der Waals surface area (Å²) in [7, 11) is 0. The molecule has 0 bridgehead atoms. The predicted octanol–water partition coefficient (Wildman–Crippen LogP) is 1.88. The zero-order valence-electron chi connectivity index (χ0n) is 7.19. The number of carbonyl (C=O) groups is 1. The molecular formula is C11H10O2. The number of rotatable bonds is 1. The summed E-state index contributed by atoms with van der Waals surface area (Å²) in [6.07, 6.45) is 0. The minimum atomic E-state index is -0.270. The van der Waals surface area contributed by atoms with Gasteiger partial charge in [0.15, 0.2) is 0 Å². The molecule has 1 aromatic rings. The monoisotopic (exact) mass is 174 g/mol. The molecule has 1 aliphatic heterocycles. The lowest BCUT2D eigenvalue weighted by Crippen LogP contribution is -1.99. The van der Waals surface area contributed by atoms with Crippen molar-refractivity contribution in [3.63, 3.8) is 0 Å². The highest BCUT2D eigenvalue weighted by Crippen LogP contribution is 2.29. The van der Waals surface area contributed by atoms with E-state index in [4.69, 9.17) is 4.74 Å². The molecule has 0 radical (unpaired) electrons. The van der Waals surface area contributed by atoms with Gasteiger partial charge in [0.25, 0.3) is 0 Å². The highest BCUT2D eigenvalue weighted by Gasteiger charge is 2.29. The molecule has 2 nitrogen and oxygen atoms in total. The third-order valence-electron chi connectivity index (χ3n) is 2.27. The Morgan fingerprint density at radius 1 is 1.31 bits per heavy atom. The zero-order valence-corrected chi connectivity index (χ0v) is 7.19. The maximum atomic E-state index is 11.0. The summed E-state index contributed by atoms with van der Waals surface area (Å²) >= 11 is 0. The van der Waals surface area contributed by atoms with Crippen LogP contribution in [-0.2, 0) is 9.53 Å². The van der Waals surface area contributed by atoms with E-state index in [-0.39, 0.29) is 11.9 Å². The van der Waals surface area contributed by atoms with Gasteiger partial charge in [0.1, 0.15) is 6.61 Å². The average molecular weight is 174 g/mol. The van der Waals surface area contributed by atoms with Gasteiger partial charge in [-0.2, -0.15) is 0 Å². The summed E-state index contributed by atoms with van der Waals surface area (Å²) in [5.74, 6) is -0.220. The lowest BCUT2D eigenvalue weighted by Gasteiger charge is -2.06. The molecule has 1 atom stereocenters. The molecule has 0 amide bonds. The lowest BCUT2D eigenvalue weighted by molar-refractivity contribution is -0.135. The number of carbonyl (C=O) groups excluding carboxylic acids is 1. The Morgan fingerprint density at radius 3 is 2.54 bits per heavy atom. The van der Waals surface area contributed by atoms with Crippen LogP contribution in [0.15, 0.2) is 42.5 Å². The molecule has 2 heteroatoms. The van der Waals surface area contributed by atoms with Crippen molar-refractivity contribution in [2.75, 3.05) is 6.61 Å². The maximum Gasteiger partial charge on any atom is 0.334 e. The second-order valence-electron chi connectivity index (χ2n) is 3.09. The lowest BCUT2D eigenvalue weighted by atomic mass is 9.95. The van der Waals surface area contributed by atoms with Gasteiger partial charge in [-0.25, -0.2) is 4.79 Å². The Bertz CT molecular complexity index is 340. The van der Waals surface area contributed by atoms with Gasteiger partial charge in [-0.15, -0.1) is 0 Å². The maximum absolute atomic E-state index is 11.0. The molecule has 1 saturated heterocycles. The van der Waals surface area contributed by atoms with E-state index < -0.39 is 0 Å². The third kappa shape index (κ3) is 1.35. The zero-order chi connectivity index (χ0) is 9.26. The van der Waals surface area contributed by atoms with Crippen LogP contribution in [0.4, 0.5) is 0 Å². The standard InChI is InChI=1S/C11H10O2/c1-8-10(7-13-11(8)12)9-5-3-2-4-6-9/h2-6,10H,1,7H2/t10-/m0/s1. The molecule has 0 saturated carbocycles. The molecule has 0 unspecified atom stereocenters. The quantitative estimate of drug-likeness (QED) is 0.480. The molecule has 0 N–H and O–H groups in total. The van der Waals surface area contributed by atoms with Crippen LogP contribution in [0.5, 0.6) is 0 Å². The van der Waals surface area contributed by atoms with E-state index in [2.05, 4.69) is 6.58 Å². The van der Waals surface area contributed by atoms with Gasteiger partial charge < -0.3 is 4.74 Å². The second-order valence-corrected chi connectivity index (χ2v) is 3.09. The van der Waals surface area contributed by atoms with Crippen LogP contribution >= 0.6 is 0 Å². The first kappa shape index (κ1) is 8.05. The largest absolute Gasteiger partial charge is 0.461 e. The number of hydrogen-bond acceptors (Lipinski definition) is 2. The third-order valence-corrected chi connectivity index (χ3v) is 2.27. The van der Waals surface area contributed by atoms with Crippen molar-refractivity contribution in [3.8, 4) is 0 Å². The molecule has 1 aromatic carbocycles. The summed E-state index contributed by atoms with van der Waals surface area (Å²) in [4.78, 5) is 11.0. The molecule has 13 heavy (non-hydrogen) atoms. The van der Waals surface area contributed by atoms with E-state index in [1.165, 1.54) is 0 Å². The number of ether oxygens (including phenoxy) is 1. The van der Waals surface area contributed by atoms with Crippen LogP contribution in [0.25, 0.3) is 0 Å². The van der Waals surface area contributed by atoms with E-state index in [0.29, 0.717) is 12.2 Å². The minimum absolute atomic E-state index is 0.0497. The van der Waals surface area contributed by atoms with Crippen LogP contribution in [-0.4, -0.2) is 12.6 Å². The molecule has 1 aliphatic rings. The summed E-state index contributed by atoms with van der Waals surface area (Å²) in [5, 5.41) is 0. The normalized spacial score (nSPS) is 21.7. The number of cyclic esters (lactones) is 1. The summed E-state index contributed by atoms with van der Waals surface area (Å²) in [6.45, 7) is 4.15.